The smallest absolute Gasteiger partial charge is 0.408 e. The summed E-state index contributed by atoms with van der Waals surface area (Å²) in [7, 11) is 0. The van der Waals surface area contributed by atoms with E-state index in [0.717, 1.165) is 24.8 Å². The lowest BCUT2D eigenvalue weighted by molar-refractivity contribution is -0.165. The maximum atomic E-state index is 13.9. The van der Waals surface area contributed by atoms with E-state index in [-0.39, 0.29) is 36.8 Å². The number of cyclic esters (lactones) is 1. The molecule has 10 heteroatoms. The molecular formula is C27H37N3O7. The van der Waals surface area contributed by atoms with Gasteiger partial charge in [0.1, 0.15) is 24.7 Å². The number of hydrogen-bond donors (Lipinski definition) is 2. The van der Waals surface area contributed by atoms with Crippen LogP contribution in [0, 0.1) is 11.3 Å². The van der Waals surface area contributed by atoms with Crippen molar-refractivity contribution in [2.75, 3.05) is 6.61 Å². The van der Waals surface area contributed by atoms with Crippen LogP contribution in [-0.4, -0.2) is 65.8 Å². The highest BCUT2D eigenvalue weighted by molar-refractivity contribution is 5.93. The summed E-state index contributed by atoms with van der Waals surface area (Å²) < 4.78 is 16.0. The molecule has 2 aliphatic heterocycles. The number of likely N-dealkylation sites (tertiary alicyclic amines) is 1. The average molecular weight is 516 g/mol. The molecule has 2 saturated heterocycles. The predicted octanol–water partition coefficient (Wildman–Crippen LogP) is 2.50. The van der Waals surface area contributed by atoms with Crippen molar-refractivity contribution in [3.05, 3.63) is 35.9 Å². The first-order valence-electron chi connectivity index (χ1n) is 13.0. The van der Waals surface area contributed by atoms with Gasteiger partial charge in [0.15, 0.2) is 0 Å². The van der Waals surface area contributed by atoms with Crippen molar-refractivity contribution in [1.29, 1.82) is 0 Å². The molecule has 10 nitrogen and oxygen atoms in total. The van der Waals surface area contributed by atoms with Crippen LogP contribution in [0.5, 0.6) is 0 Å². The topological polar surface area (TPSA) is 123 Å². The second-order valence-corrected chi connectivity index (χ2v) is 11.1. The number of carbonyl (C=O) groups excluding carboxylic acids is 4. The maximum Gasteiger partial charge on any atom is 0.408 e. The minimum Gasteiger partial charge on any atom is -0.445 e. The summed E-state index contributed by atoms with van der Waals surface area (Å²) in [5.74, 6) is -1.05. The first-order chi connectivity index (χ1) is 17.6. The van der Waals surface area contributed by atoms with Gasteiger partial charge in [0.25, 0.3) is 0 Å². The molecule has 0 unspecified atom stereocenters. The molecule has 202 valence electrons. The lowest BCUT2D eigenvalue weighted by atomic mass is 9.85. The molecule has 3 aliphatic rings. The molecule has 2 heterocycles. The number of carbonyl (C=O) groups is 4. The highest BCUT2D eigenvalue weighted by atomic mass is 16.7. The highest BCUT2D eigenvalue weighted by Crippen LogP contribution is 2.43. The molecule has 1 aromatic carbocycles. The van der Waals surface area contributed by atoms with E-state index in [1.165, 1.54) is 0 Å². The van der Waals surface area contributed by atoms with Gasteiger partial charge in [-0.2, -0.15) is 0 Å². The molecule has 4 rings (SSSR count). The lowest BCUT2D eigenvalue weighted by Gasteiger charge is -2.40. The van der Waals surface area contributed by atoms with Crippen molar-refractivity contribution in [1.82, 2.24) is 15.5 Å². The van der Waals surface area contributed by atoms with Crippen LogP contribution >= 0.6 is 0 Å². The first kappa shape index (κ1) is 26.9. The zero-order valence-electron chi connectivity index (χ0n) is 21.9. The van der Waals surface area contributed by atoms with Crippen LogP contribution in [0.3, 0.4) is 0 Å². The SMILES string of the molecule is CCO[C@@H]1OC(=O)C[C@@H]1NC(=O)[C@@H]1[C@H]2CC[C@H](C2)N1C(=O)[C@@H](NC(=O)OCc1ccccc1)C(C)(C)C. The van der Waals surface area contributed by atoms with E-state index in [9.17, 15) is 19.2 Å². The van der Waals surface area contributed by atoms with Crippen LogP contribution in [0.25, 0.3) is 0 Å². The largest absolute Gasteiger partial charge is 0.445 e. The molecule has 3 fully saturated rings. The quantitative estimate of drug-likeness (QED) is 0.510. The van der Waals surface area contributed by atoms with Crippen molar-refractivity contribution in [3.63, 3.8) is 0 Å². The van der Waals surface area contributed by atoms with E-state index in [0.29, 0.717) is 6.61 Å². The number of ether oxygens (including phenoxy) is 3. The Morgan fingerprint density at radius 3 is 2.57 bits per heavy atom. The van der Waals surface area contributed by atoms with Gasteiger partial charge in [0.2, 0.25) is 18.1 Å². The van der Waals surface area contributed by atoms with Crippen LogP contribution in [0.1, 0.15) is 58.9 Å². The van der Waals surface area contributed by atoms with E-state index in [1.807, 2.05) is 51.1 Å². The zero-order valence-corrected chi connectivity index (χ0v) is 21.9. The van der Waals surface area contributed by atoms with Crippen molar-refractivity contribution in [2.45, 2.75) is 90.4 Å². The summed E-state index contributed by atoms with van der Waals surface area (Å²) in [6.07, 6.45) is 0.867. The Balaban J connectivity index is 1.46. The number of rotatable bonds is 8. The van der Waals surface area contributed by atoms with Crippen LogP contribution < -0.4 is 10.6 Å². The van der Waals surface area contributed by atoms with Crippen molar-refractivity contribution < 1.29 is 33.4 Å². The second-order valence-electron chi connectivity index (χ2n) is 11.1. The highest BCUT2D eigenvalue weighted by Gasteiger charge is 2.54. The third-order valence-corrected chi connectivity index (χ3v) is 7.32. The van der Waals surface area contributed by atoms with Gasteiger partial charge in [-0.15, -0.1) is 0 Å². The number of amides is 3. The molecule has 0 aromatic heterocycles. The fourth-order valence-corrected chi connectivity index (χ4v) is 5.56. The Kier molecular flexibility index (Phi) is 8.06. The molecule has 3 amide bonds. The van der Waals surface area contributed by atoms with Crippen LogP contribution in [0.15, 0.2) is 30.3 Å². The Morgan fingerprint density at radius 2 is 1.89 bits per heavy atom. The van der Waals surface area contributed by atoms with Crippen molar-refractivity contribution in [3.8, 4) is 0 Å². The molecule has 0 spiro atoms. The normalized spacial score (nSPS) is 27.5. The van der Waals surface area contributed by atoms with Gasteiger partial charge in [0, 0.05) is 12.6 Å². The first-order valence-corrected chi connectivity index (χ1v) is 13.0. The number of benzene rings is 1. The number of nitrogens with zero attached hydrogens (tertiary/aromatic N) is 1. The van der Waals surface area contributed by atoms with Gasteiger partial charge in [0.05, 0.1) is 6.42 Å². The molecule has 37 heavy (non-hydrogen) atoms. The fourth-order valence-electron chi connectivity index (χ4n) is 5.56. The summed E-state index contributed by atoms with van der Waals surface area (Å²) in [6, 6.07) is 7.03. The van der Waals surface area contributed by atoms with E-state index in [1.54, 1.807) is 11.8 Å². The monoisotopic (exact) mass is 515 g/mol. The summed E-state index contributed by atoms with van der Waals surface area (Å²) in [5, 5.41) is 5.65. The third kappa shape index (κ3) is 6.06. The molecule has 1 aliphatic carbocycles. The summed E-state index contributed by atoms with van der Waals surface area (Å²) in [4.78, 5) is 53.6. The van der Waals surface area contributed by atoms with Crippen LogP contribution in [0.4, 0.5) is 4.79 Å². The molecule has 0 radical (unpaired) electrons. The maximum absolute atomic E-state index is 13.9. The van der Waals surface area contributed by atoms with Gasteiger partial charge in [-0.05, 0) is 43.1 Å². The van der Waals surface area contributed by atoms with E-state index < -0.39 is 41.9 Å². The minimum absolute atomic E-state index is 0.0168. The number of piperidine rings is 1. The summed E-state index contributed by atoms with van der Waals surface area (Å²) in [5.41, 5.74) is 0.210. The van der Waals surface area contributed by atoms with E-state index in [2.05, 4.69) is 10.6 Å². The number of nitrogens with one attached hydrogen (secondary N) is 2. The molecule has 1 saturated carbocycles. The van der Waals surface area contributed by atoms with Crippen LogP contribution in [-0.2, 0) is 35.2 Å². The standard InChI is InChI=1S/C27H37N3O7/c1-5-35-25-19(14-20(31)37-25)28-23(32)21-17-11-12-18(13-17)30(21)24(33)22(27(2,3)4)29-26(34)36-15-16-9-7-6-8-10-16/h6-10,17-19,21-22,25H,5,11-15H2,1-4H3,(H,28,32)(H,29,34)/t17-,18+,19-,21-,22+,25+/m0/s1. The molecule has 1 aromatic rings. The molecular weight excluding hydrogens is 478 g/mol. The Morgan fingerprint density at radius 1 is 1.16 bits per heavy atom. The number of alkyl carbamates (subject to hydrolysis) is 1. The molecule has 2 bridgehead atoms. The van der Waals surface area contributed by atoms with Gasteiger partial charge in [-0.25, -0.2) is 4.79 Å². The second kappa shape index (κ2) is 11.1. The Labute approximate surface area is 217 Å². The predicted molar refractivity (Wildman–Crippen MR) is 133 cm³/mol. The van der Waals surface area contributed by atoms with E-state index >= 15 is 0 Å². The summed E-state index contributed by atoms with van der Waals surface area (Å²) in [6.45, 7) is 7.80. The minimum atomic E-state index is -0.891. The molecule has 2 N–H and O–H groups in total. The third-order valence-electron chi connectivity index (χ3n) is 7.32. The number of fused-ring (bicyclic) bond motifs is 2. The summed E-state index contributed by atoms with van der Waals surface area (Å²) >= 11 is 0. The van der Waals surface area contributed by atoms with Gasteiger partial charge >= 0.3 is 12.1 Å². The van der Waals surface area contributed by atoms with Gasteiger partial charge < -0.3 is 29.7 Å². The number of esters is 1. The molecule has 6 atom stereocenters. The average Bonchev–Trinajstić information content (AvgIpc) is 3.56. The zero-order chi connectivity index (χ0) is 26.7. The Hall–Kier alpha value is -3.14. The van der Waals surface area contributed by atoms with Crippen molar-refractivity contribution in [2.24, 2.45) is 11.3 Å². The van der Waals surface area contributed by atoms with Gasteiger partial charge in [-0.3, -0.25) is 14.4 Å². The van der Waals surface area contributed by atoms with Crippen molar-refractivity contribution >= 4 is 23.9 Å². The fraction of sp³-hybridized carbons (Fsp3) is 0.630. The Bertz CT molecular complexity index is 1010. The lowest BCUT2D eigenvalue weighted by Crippen LogP contribution is -2.62. The van der Waals surface area contributed by atoms with Gasteiger partial charge in [-0.1, -0.05) is 51.1 Å². The van der Waals surface area contributed by atoms with Crippen LogP contribution in [0.2, 0.25) is 0 Å². The number of hydrogen-bond acceptors (Lipinski definition) is 7. The van der Waals surface area contributed by atoms with E-state index in [4.69, 9.17) is 14.2 Å².